The number of rotatable bonds is 5. The summed E-state index contributed by atoms with van der Waals surface area (Å²) in [5.74, 6) is 0.456. The van der Waals surface area contributed by atoms with Gasteiger partial charge in [0.2, 0.25) is 5.13 Å². The third-order valence-electron chi connectivity index (χ3n) is 2.38. The van der Waals surface area contributed by atoms with Crippen LogP contribution < -0.4 is 4.72 Å². The first-order valence-corrected chi connectivity index (χ1v) is 9.07. The van der Waals surface area contributed by atoms with E-state index in [0.717, 1.165) is 11.4 Å². The highest BCUT2D eigenvalue weighted by Crippen LogP contribution is 2.23. The lowest BCUT2D eigenvalue weighted by atomic mass is 10.1. The van der Waals surface area contributed by atoms with Gasteiger partial charge in [-0.3, -0.25) is 4.72 Å². The van der Waals surface area contributed by atoms with Crippen molar-refractivity contribution in [3.63, 3.8) is 0 Å². The quantitative estimate of drug-likeness (QED) is 0.869. The van der Waals surface area contributed by atoms with E-state index in [0.29, 0.717) is 15.5 Å². The van der Waals surface area contributed by atoms with Crippen molar-refractivity contribution in [2.45, 2.75) is 25.2 Å². The van der Waals surface area contributed by atoms with Crippen molar-refractivity contribution in [3.05, 3.63) is 33.7 Å². The maximum Gasteiger partial charge on any atom is 0.263 e. The van der Waals surface area contributed by atoms with Crippen LogP contribution in [0.25, 0.3) is 0 Å². The Bertz CT molecular complexity index is 698. The summed E-state index contributed by atoms with van der Waals surface area (Å²) < 4.78 is 27.5. The molecule has 2 aromatic rings. The van der Waals surface area contributed by atoms with E-state index in [1.807, 2.05) is 0 Å². The fraction of sp³-hybridized carbons (Fsp3) is 0.333. The Labute approximate surface area is 130 Å². The predicted molar refractivity (Wildman–Crippen MR) is 83.4 cm³/mol. The molecule has 1 heterocycles. The zero-order valence-electron chi connectivity index (χ0n) is 11.0. The van der Waals surface area contributed by atoms with E-state index in [2.05, 4.69) is 44.7 Å². The van der Waals surface area contributed by atoms with Crippen LogP contribution in [0.2, 0.25) is 0 Å². The third kappa shape index (κ3) is 4.00. The fourth-order valence-electron chi connectivity index (χ4n) is 1.53. The zero-order valence-corrected chi connectivity index (χ0v) is 14.2. The van der Waals surface area contributed by atoms with Crippen LogP contribution in [-0.4, -0.2) is 18.6 Å². The Balaban J connectivity index is 2.18. The van der Waals surface area contributed by atoms with Gasteiger partial charge in [0.15, 0.2) is 0 Å². The summed E-state index contributed by atoms with van der Waals surface area (Å²) in [5.41, 5.74) is 0. The van der Waals surface area contributed by atoms with Gasteiger partial charge < -0.3 is 0 Å². The number of halogens is 1. The maximum atomic E-state index is 12.2. The van der Waals surface area contributed by atoms with Gasteiger partial charge in [-0.15, -0.1) is 10.2 Å². The molecule has 0 aliphatic carbocycles. The number of hydrogen-bond donors (Lipinski definition) is 1. The largest absolute Gasteiger partial charge is 0.263 e. The lowest BCUT2D eigenvalue weighted by molar-refractivity contribution is 0.601. The molecule has 1 aromatic carbocycles. The van der Waals surface area contributed by atoms with E-state index in [1.54, 1.807) is 18.2 Å². The molecule has 5 nitrogen and oxygen atoms in total. The summed E-state index contributed by atoms with van der Waals surface area (Å²) in [6.45, 7) is 4.15. The maximum absolute atomic E-state index is 12.2. The first kappa shape index (κ1) is 15.4. The van der Waals surface area contributed by atoms with Gasteiger partial charge >= 0.3 is 0 Å². The molecule has 0 amide bonds. The number of anilines is 1. The van der Waals surface area contributed by atoms with Crippen molar-refractivity contribution in [1.29, 1.82) is 0 Å². The van der Waals surface area contributed by atoms with Gasteiger partial charge in [0.1, 0.15) is 5.01 Å². The van der Waals surface area contributed by atoms with Crippen LogP contribution in [0.1, 0.15) is 18.9 Å². The van der Waals surface area contributed by atoms with E-state index in [1.165, 1.54) is 17.4 Å². The summed E-state index contributed by atoms with van der Waals surface area (Å²) in [6.07, 6.45) is 0.788. The van der Waals surface area contributed by atoms with Gasteiger partial charge in [-0.25, -0.2) is 8.42 Å². The smallest absolute Gasteiger partial charge is 0.253 e. The van der Waals surface area contributed by atoms with E-state index in [-0.39, 0.29) is 4.90 Å². The summed E-state index contributed by atoms with van der Waals surface area (Å²) in [5, 5.41) is 8.97. The molecule has 0 aliphatic rings. The second-order valence-corrected chi connectivity index (χ2v) is 8.32. The molecule has 108 valence electrons. The SMILES string of the molecule is CC(C)Cc1nnc(NS(=O)(=O)c2cccc(Br)c2)s1. The average molecular weight is 376 g/mol. The van der Waals surface area contributed by atoms with Crippen LogP contribution >= 0.6 is 27.3 Å². The van der Waals surface area contributed by atoms with Crippen molar-refractivity contribution in [2.75, 3.05) is 4.72 Å². The fourth-order valence-corrected chi connectivity index (χ4v) is 4.31. The molecular formula is C12H14BrN3O2S2. The lowest BCUT2D eigenvalue weighted by Crippen LogP contribution is -2.12. The molecular weight excluding hydrogens is 362 g/mol. The molecule has 20 heavy (non-hydrogen) atoms. The van der Waals surface area contributed by atoms with Crippen LogP contribution in [0.15, 0.2) is 33.6 Å². The number of hydrogen-bond acceptors (Lipinski definition) is 5. The van der Waals surface area contributed by atoms with Gasteiger partial charge in [-0.2, -0.15) is 0 Å². The first-order valence-electron chi connectivity index (χ1n) is 5.97. The molecule has 0 spiro atoms. The van der Waals surface area contributed by atoms with E-state index in [4.69, 9.17) is 0 Å². The minimum absolute atomic E-state index is 0.187. The highest BCUT2D eigenvalue weighted by Gasteiger charge is 2.17. The summed E-state index contributed by atoms with van der Waals surface area (Å²) in [6, 6.07) is 6.51. The van der Waals surface area contributed by atoms with Crippen LogP contribution in [0.3, 0.4) is 0 Å². The molecule has 1 aromatic heterocycles. The summed E-state index contributed by atoms with van der Waals surface area (Å²) in [4.78, 5) is 0.187. The second kappa shape index (κ2) is 6.19. The Kier molecular flexibility index (Phi) is 4.77. The zero-order chi connectivity index (χ0) is 14.8. The van der Waals surface area contributed by atoms with Gasteiger partial charge in [0.25, 0.3) is 10.0 Å². The molecule has 0 aliphatic heterocycles. The molecule has 0 unspecified atom stereocenters. The van der Waals surface area contributed by atoms with Crippen molar-refractivity contribution >= 4 is 42.4 Å². The minimum atomic E-state index is -3.62. The molecule has 0 atom stereocenters. The van der Waals surface area contributed by atoms with Gasteiger partial charge in [0, 0.05) is 10.9 Å². The van der Waals surface area contributed by atoms with Crippen molar-refractivity contribution in [1.82, 2.24) is 10.2 Å². The highest BCUT2D eigenvalue weighted by molar-refractivity contribution is 9.10. The van der Waals surface area contributed by atoms with Crippen molar-refractivity contribution in [3.8, 4) is 0 Å². The van der Waals surface area contributed by atoms with E-state index in [9.17, 15) is 8.42 Å². The standard InChI is InChI=1S/C12H14BrN3O2S2/c1-8(2)6-11-14-15-12(19-11)16-20(17,18)10-5-3-4-9(13)7-10/h3-5,7-8H,6H2,1-2H3,(H,15,16). The van der Waals surface area contributed by atoms with Gasteiger partial charge in [-0.1, -0.05) is 47.2 Å². The second-order valence-electron chi connectivity index (χ2n) is 4.66. The van der Waals surface area contributed by atoms with E-state index >= 15 is 0 Å². The van der Waals surface area contributed by atoms with Crippen LogP contribution in [0, 0.1) is 5.92 Å². The topological polar surface area (TPSA) is 72.0 Å². The number of nitrogens with zero attached hydrogens (tertiary/aromatic N) is 2. The molecule has 2 rings (SSSR count). The average Bonchev–Trinajstić information content (AvgIpc) is 2.74. The van der Waals surface area contributed by atoms with E-state index < -0.39 is 10.0 Å². The molecule has 8 heteroatoms. The van der Waals surface area contributed by atoms with Crippen LogP contribution in [-0.2, 0) is 16.4 Å². The Morgan fingerprint density at radius 3 is 2.75 bits per heavy atom. The monoisotopic (exact) mass is 375 g/mol. The van der Waals surface area contributed by atoms with Crippen LogP contribution in [0.5, 0.6) is 0 Å². The Morgan fingerprint density at radius 1 is 1.35 bits per heavy atom. The Hall–Kier alpha value is -0.990. The molecule has 0 saturated carbocycles. The van der Waals surface area contributed by atoms with Gasteiger partial charge in [0.05, 0.1) is 4.90 Å². The molecule has 0 bridgehead atoms. The summed E-state index contributed by atoms with van der Waals surface area (Å²) in [7, 11) is -3.62. The lowest BCUT2D eigenvalue weighted by Gasteiger charge is -2.04. The Morgan fingerprint density at radius 2 is 2.10 bits per heavy atom. The molecule has 0 saturated heterocycles. The molecule has 1 N–H and O–H groups in total. The number of aromatic nitrogens is 2. The summed E-state index contributed by atoms with van der Waals surface area (Å²) >= 11 is 4.52. The van der Waals surface area contributed by atoms with Crippen LogP contribution in [0.4, 0.5) is 5.13 Å². The van der Waals surface area contributed by atoms with Crippen molar-refractivity contribution in [2.24, 2.45) is 5.92 Å². The molecule has 0 radical (unpaired) electrons. The van der Waals surface area contributed by atoms with Crippen molar-refractivity contribution < 1.29 is 8.42 Å². The number of nitrogens with one attached hydrogen (secondary N) is 1. The third-order valence-corrected chi connectivity index (χ3v) is 5.20. The predicted octanol–water partition coefficient (Wildman–Crippen LogP) is 3.30. The first-order chi connectivity index (χ1) is 9.37. The normalized spacial score (nSPS) is 11.8. The molecule has 0 fully saturated rings. The number of sulfonamides is 1. The highest BCUT2D eigenvalue weighted by atomic mass is 79.9. The minimum Gasteiger partial charge on any atom is -0.253 e. The van der Waals surface area contributed by atoms with Gasteiger partial charge in [-0.05, 0) is 24.1 Å². The number of benzene rings is 1.